The van der Waals surface area contributed by atoms with E-state index in [1.54, 1.807) is 0 Å². The fourth-order valence-corrected chi connectivity index (χ4v) is 1.13. The Labute approximate surface area is 85.2 Å². The molecule has 0 unspecified atom stereocenters. The van der Waals surface area contributed by atoms with Crippen LogP contribution in [0.3, 0.4) is 0 Å². The third-order valence-electron chi connectivity index (χ3n) is 1.86. The maximum Gasteiger partial charge on any atom is 0.491 e. The second kappa shape index (κ2) is 4.46. The normalized spacial score (nSPS) is 10.0. The molecule has 1 rings (SSSR count). The Balaban J connectivity index is 3.42. The van der Waals surface area contributed by atoms with Crippen LogP contribution in [0, 0.1) is 11.6 Å². The first-order valence-electron chi connectivity index (χ1n) is 3.99. The summed E-state index contributed by atoms with van der Waals surface area (Å²) in [5.74, 6) is -3.22. The van der Waals surface area contributed by atoms with Crippen molar-refractivity contribution in [1.82, 2.24) is 0 Å². The van der Waals surface area contributed by atoms with E-state index >= 15 is 0 Å². The van der Waals surface area contributed by atoms with Gasteiger partial charge in [-0.15, -0.1) is 0 Å². The average molecular weight is 218 g/mol. The second-order valence-corrected chi connectivity index (χ2v) is 2.70. The molecule has 0 aromatic heterocycles. The molecule has 0 amide bonds. The highest BCUT2D eigenvalue weighted by molar-refractivity contribution is 6.58. The third kappa shape index (κ3) is 2.03. The van der Waals surface area contributed by atoms with E-state index in [1.165, 1.54) is 7.11 Å². The molecule has 2 N–H and O–H groups in total. The predicted octanol–water partition coefficient (Wildman–Crippen LogP) is -0.338. The molecule has 0 fully saturated rings. The van der Waals surface area contributed by atoms with Crippen molar-refractivity contribution in [3.05, 3.63) is 17.7 Å². The average Bonchev–Trinajstić information content (AvgIpc) is 2.21. The van der Waals surface area contributed by atoms with E-state index in [0.717, 1.165) is 13.2 Å². The van der Waals surface area contributed by atoms with Gasteiger partial charge >= 0.3 is 7.12 Å². The highest BCUT2D eigenvalue weighted by Crippen LogP contribution is 2.30. The summed E-state index contributed by atoms with van der Waals surface area (Å²) in [4.78, 5) is 0. The fourth-order valence-electron chi connectivity index (χ4n) is 1.13. The number of methoxy groups -OCH3 is 2. The van der Waals surface area contributed by atoms with Crippen molar-refractivity contribution in [2.75, 3.05) is 14.2 Å². The van der Waals surface area contributed by atoms with Gasteiger partial charge in [-0.2, -0.15) is 4.39 Å². The molecule has 82 valence electrons. The highest BCUT2D eigenvalue weighted by Gasteiger charge is 2.25. The van der Waals surface area contributed by atoms with Crippen molar-refractivity contribution in [2.24, 2.45) is 0 Å². The van der Waals surface area contributed by atoms with Crippen molar-refractivity contribution < 1.29 is 28.3 Å². The molecule has 1 aromatic carbocycles. The van der Waals surface area contributed by atoms with Gasteiger partial charge in [-0.25, -0.2) is 4.39 Å². The lowest BCUT2D eigenvalue weighted by atomic mass is 9.79. The van der Waals surface area contributed by atoms with Gasteiger partial charge in [-0.1, -0.05) is 0 Å². The van der Waals surface area contributed by atoms with Crippen LogP contribution in [-0.2, 0) is 0 Å². The highest BCUT2D eigenvalue weighted by atomic mass is 19.2. The van der Waals surface area contributed by atoms with Gasteiger partial charge in [0.1, 0.15) is 0 Å². The van der Waals surface area contributed by atoms with Gasteiger partial charge in [0.25, 0.3) is 0 Å². The smallest absolute Gasteiger partial charge is 0.491 e. The van der Waals surface area contributed by atoms with Crippen LogP contribution in [0.4, 0.5) is 8.78 Å². The molecule has 0 bridgehead atoms. The molecular weight excluding hydrogens is 209 g/mol. The number of benzene rings is 1. The van der Waals surface area contributed by atoms with Crippen molar-refractivity contribution in [1.29, 1.82) is 0 Å². The van der Waals surface area contributed by atoms with Crippen LogP contribution in [-0.4, -0.2) is 31.4 Å². The Morgan fingerprint density at radius 1 is 1.13 bits per heavy atom. The van der Waals surface area contributed by atoms with Crippen LogP contribution in [0.1, 0.15) is 0 Å². The molecule has 15 heavy (non-hydrogen) atoms. The number of rotatable bonds is 3. The summed E-state index contributed by atoms with van der Waals surface area (Å²) in [7, 11) is 0.261. The minimum absolute atomic E-state index is 0.112. The van der Waals surface area contributed by atoms with Gasteiger partial charge in [0.15, 0.2) is 17.3 Å². The van der Waals surface area contributed by atoms with E-state index in [4.69, 9.17) is 14.8 Å². The monoisotopic (exact) mass is 218 g/mol. The SMILES string of the molecule is COc1cc(B(O)O)c(F)c(F)c1OC. The fraction of sp³-hybridized carbons (Fsp3) is 0.250. The molecule has 4 nitrogen and oxygen atoms in total. The standard InChI is InChI=1S/C8H9BF2O4/c1-14-5-3-4(9(12)13)6(10)7(11)8(5)15-2/h3,12-13H,1-2H3. The summed E-state index contributed by atoms with van der Waals surface area (Å²) in [6.07, 6.45) is 0. The van der Waals surface area contributed by atoms with Gasteiger partial charge in [-0.3, -0.25) is 0 Å². The summed E-state index contributed by atoms with van der Waals surface area (Å²) >= 11 is 0. The molecule has 0 spiro atoms. The number of halogens is 2. The summed E-state index contributed by atoms with van der Waals surface area (Å²) in [5, 5.41) is 17.5. The van der Waals surface area contributed by atoms with Gasteiger partial charge in [-0.05, 0) is 6.07 Å². The lowest BCUT2D eigenvalue weighted by Crippen LogP contribution is -2.33. The van der Waals surface area contributed by atoms with E-state index in [0.29, 0.717) is 0 Å². The Kier molecular flexibility index (Phi) is 3.49. The predicted molar refractivity (Wildman–Crippen MR) is 49.3 cm³/mol. The zero-order chi connectivity index (χ0) is 11.6. The molecule has 0 aliphatic rings. The van der Waals surface area contributed by atoms with E-state index in [1.807, 2.05) is 0 Å². The minimum Gasteiger partial charge on any atom is -0.493 e. The first-order valence-corrected chi connectivity index (χ1v) is 3.99. The minimum atomic E-state index is -2.11. The Morgan fingerprint density at radius 2 is 1.73 bits per heavy atom. The van der Waals surface area contributed by atoms with E-state index in [2.05, 4.69) is 4.74 Å². The molecule has 0 heterocycles. The molecule has 1 aromatic rings. The zero-order valence-electron chi connectivity index (χ0n) is 8.12. The molecule has 0 radical (unpaired) electrons. The Hall–Kier alpha value is -1.34. The van der Waals surface area contributed by atoms with Crippen LogP contribution >= 0.6 is 0 Å². The van der Waals surface area contributed by atoms with Crippen molar-refractivity contribution in [3.63, 3.8) is 0 Å². The number of hydrogen-bond donors (Lipinski definition) is 2. The summed E-state index contributed by atoms with van der Waals surface area (Å²) in [5.41, 5.74) is -0.606. The van der Waals surface area contributed by atoms with Gasteiger partial charge in [0, 0.05) is 5.46 Å². The van der Waals surface area contributed by atoms with Crippen LogP contribution in [0.15, 0.2) is 6.07 Å². The van der Waals surface area contributed by atoms with Crippen LogP contribution < -0.4 is 14.9 Å². The van der Waals surface area contributed by atoms with Crippen molar-refractivity contribution in [2.45, 2.75) is 0 Å². The Bertz CT molecular complexity index is 370. The topological polar surface area (TPSA) is 58.9 Å². The second-order valence-electron chi connectivity index (χ2n) is 2.70. The van der Waals surface area contributed by atoms with Crippen LogP contribution in [0.5, 0.6) is 11.5 Å². The summed E-state index contributed by atoms with van der Waals surface area (Å²) in [6.45, 7) is 0. The van der Waals surface area contributed by atoms with Gasteiger partial charge in [0.2, 0.25) is 5.82 Å². The van der Waals surface area contributed by atoms with E-state index in [-0.39, 0.29) is 5.75 Å². The molecule has 0 saturated heterocycles. The third-order valence-corrected chi connectivity index (χ3v) is 1.86. The number of hydrogen-bond acceptors (Lipinski definition) is 4. The van der Waals surface area contributed by atoms with Gasteiger partial charge < -0.3 is 19.5 Å². The summed E-state index contributed by atoms with van der Waals surface area (Å²) in [6, 6.07) is 0.960. The lowest BCUT2D eigenvalue weighted by Gasteiger charge is -2.11. The molecular formula is C8H9BF2O4. The maximum atomic E-state index is 13.3. The zero-order valence-corrected chi connectivity index (χ0v) is 8.12. The molecule has 7 heteroatoms. The Morgan fingerprint density at radius 3 is 2.13 bits per heavy atom. The van der Waals surface area contributed by atoms with Crippen molar-refractivity contribution in [3.8, 4) is 11.5 Å². The number of ether oxygens (including phenoxy) is 2. The summed E-state index contributed by atoms with van der Waals surface area (Å²) < 4.78 is 35.7. The van der Waals surface area contributed by atoms with Gasteiger partial charge in [0.05, 0.1) is 14.2 Å². The first kappa shape index (κ1) is 11.7. The van der Waals surface area contributed by atoms with Crippen molar-refractivity contribution >= 4 is 12.6 Å². The first-order chi connectivity index (χ1) is 7.02. The van der Waals surface area contributed by atoms with Crippen LogP contribution in [0.2, 0.25) is 0 Å². The van der Waals surface area contributed by atoms with Crippen LogP contribution in [0.25, 0.3) is 0 Å². The van der Waals surface area contributed by atoms with E-state index in [9.17, 15) is 8.78 Å². The van der Waals surface area contributed by atoms with E-state index < -0.39 is 30.0 Å². The molecule has 0 aliphatic heterocycles. The lowest BCUT2D eigenvalue weighted by molar-refractivity contribution is 0.328. The quantitative estimate of drug-likeness (QED) is 0.681. The maximum absolute atomic E-state index is 13.3. The molecule has 0 aliphatic carbocycles. The molecule has 0 saturated carbocycles. The largest absolute Gasteiger partial charge is 0.493 e. The molecule has 0 atom stereocenters.